The van der Waals surface area contributed by atoms with E-state index < -0.39 is 0 Å². The Morgan fingerprint density at radius 3 is 2.71 bits per heavy atom. The van der Waals surface area contributed by atoms with E-state index in [1.54, 1.807) is 12.1 Å². The van der Waals surface area contributed by atoms with Crippen molar-refractivity contribution in [3.05, 3.63) is 51.9 Å². The van der Waals surface area contributed by atoms with Gasteiger partial charge in [0, 0.05) is 21.8 Å². The second-order valence-electron chi connectivity index (χ2n) is 5.41. The number of hydrogen-bond donors (Lipinski definition) is 1. The Kier molecular flexibility index (Phi) is 3.76. The number of carbonyl (C=O) groups is 1. The van der Waals surface area contributed by atoms with Gasteiger partial charge in [-0.3, -0.25) is 4.79 Å². The molecule has 0 bridgehead atoms. The summed E-state index contributed by atoms with van der Waals surface area (Å²) in [6, 6.07) is 9.48. The van der Waals surface area contributed by atoms with Crippen LogP contribution in [-0.2, 0) is 6.54 Å². The second-order valence-corrected chi connectivity index (χ2v) is 6.27. The number of furan rings is 1. The van der Waals surface area contributed by atoms with Gasteiger partial charge >= 0.3 is 0 Å². The summed E-state index contributed by atoms with van der Waals surface area (Å²) in [7, 11) is 0. The molecule has 1 amide bonds. The lowest BCUT2D eigenvalue weighted by Gasteiger charge is -2.21. The van der Waals surface area contributed by atoms with E-state index >= 15 is 0 Å². The maximum Gasteiger partial charge on any atom is 0.254 e. The minimum Gasteiger partial charge on any atom is -0.464 e. The zero-order chi connectivity index (χ0) is 15.0. The van der Waals surface area contributed by atoms with Gasteiger partial charge in [0.1, 0.15) is 11.5 Å². The van der Waals surface area contributed by atoms with Gasteiger partial charge in [-0.05, 0) is 66.0 Å². The fraction of sp³-hybridized carbons (Fsp3) is 0.312. The van der Waals surface area contributed by atoms with Gasteiger partial charge in [0.2, 0.25) is 0 Å². The molecule has 2 N–H and O–H groups in total. The van der Waals surface area contributed by atoms with Gasteiger partial charge in [0.05, 0.1) is 6.54 Å². The molecule has 1 aliphatic rings. The lowest BCUT2D eigenvalue weighted by atomic mass is 10.1. The number of rotatable bonds is 4. The number of amides is 1. The normalized spacial score (nSPS) is 14.2. The summed E-state index contributed by atoms with van der Waals surface area (Å²) in [5.41, 5.74) is 7.06. The Hall–Kier alpha value is -1.75. The van der Waals surface area contributed by atoms with Gasteiger partial charge in [0.25, 0.3) is 5.91 Å². The third-order valence-corrected chi connectivity index (χ3v) is 4.34. The first-order valence-corrected chi connectivity index (χ1v) is 7.75. The SMILES string of the molecule is Cc1ccc(CN(C(=O)c2ccc(Br)c(N)c2)C2CC2)o1. The summed E-state index contributed by atoms with van der Waals surface area (Å²) >= 11 is 3.35. The van der Waals surface area contributed by atoms with Gasteiger partial charge < -0.3 is 15.1 Å². The Balaban J connectivity index is 1.83. The van der Waals surface area contributed by atoms with E-state index in [9.17, 15) is 4.79 Å². The molecule has 0 spiro atoms. The molecule has 0 aliphatic heterocycles. The molecule has 1 aromatic carbocycles. The standard InChI is InChI=1S/C16H17BrN2O2/c1-10-2-6-13(21-10)9-19(12-4-5-12)16(20)11-3-7-14(17)15(18)8-11/h2-3,6-8,12H,4-5,9,18H2,1H3. The predicted octanol–water partition coefficient (Wildman–Crippen LogP) is 3.74. The highest BCUT2D eigenvalue weighted by molar-refractivity contribution is 9.10. The zero-order valence-electron chi connectivity index (χ0n) is 11.8. The van der Waals surface area contributed by atoms with E-state index in [0.717, 1.165) is 28.8 Å². The smallest absolute Gasteiger partial charge is 0.254 e. The van der Waals surface area contributed by atoms with Crippen LogP contribution in [0.5, 0.6) is 0 Å². The van der Waals surface area contributed by atoms with E-state index in [1.165, 1.54) is 0 Å². The van der Waals surface area contributed by atoms with Gasteiger partial charge in [-0.1, -0.05) is 0 Å². The van der Waals surface area contributed by atoms with Crippen molar-refractivity contribution < 1.29 is 9.21 Å². The maximum atomic E-state index is 12.7. The number of carbonyl (C=O) groups excluding carboxylic acids is 1. The lowest BCUT2D eigenvalue weighted by Crippen LogP contribution is -2.32. The van der Waals surface area contributed by atoms with Crippen molar-refractivity contribution in [3.8, 4) is 0 Å². The van der Waals surface area contributed by atoms with Crippen LogP contribution in [0.1, 0.15) is 34.7 Å². The number of nitrogens with zero attached hydrogens (tertiary/aromatic N) is 1. The fourth-order valence-electron chi connectivity index (χ4n) is 2.33. The summed E-state index contributed by atoms with van der Waals surface area (Å²) in [6.45, 7) is 2.41. The quantitative estimate of drug-likeness (QED) is 0.856. The van der Waals surface area contributed by atoms with Crippen LogP contribution in [0.15, 0.2) is 39.2 Å². The highest BCUT2D eigenvalue weighted by Crippen LogP contribution is 2.31. The van der Waals surface area contributed by atoms with Crippen LogP contribution >= 0.6 is 15.9 Å². The highest BCUT2D eigenvalue weighted by Gasteiger charge is 2.33. The molecule has 21 heavy (non-hydrogen) atoms. The Labute approximate surface area is 132 Å². The van der Waals surface area contributed by atoms with Crippen LogP contribution < -0.4 is 5.73 Å². The fourth-order valence-corrected chi connectivity index (χ4v) is 2.58. The van der Waals surface area contributed by atoms with Gasteiger partial charge in [-0.25, -0.2) is 0 Å². The first kappa shape index (κ1) is 14.2. The van der Waals surface area contributed by atoms with Crippen molar-refractivity contribution >= 4 is 27.5 Å². The minimum absolute atomic E-state index is 0.00533. The van der Waals surface area contributed by atoms with Crippen LogP contribution in [0, 0.1) is 6.92 Å². The molecule has 0 radical (unpaired) electrons. The number of halogens is 1. The molecule has 1 fully saturated rings. The predicted molar refractivity (Wildman–Crippen MR) is 84.9 cm³/mol. The number of hydrogen-bond acceptors (Lipinski definition) is 3. The van der Waals surface area contributed by atoms with Crippen LogP contribution in [-0.4, -0.2) is 16.8 Å². The summed E-state index contributed by atoms with van der Waals surface area (Å²) < 4.78 is 6.40. The Morgan fingerprint density at radius 2 is 2.14 bits per heavy atom. The summed E-state index contributed by atoms with van der Waals surface area (Å²) in [6.07, 6.45) is 2.11. The molecule has 1 heterocycles. The second kappa shape index (κ2) is 5.56. The van der Waals surface area contributed by atoms with Crippen LogP contribution in [0.2, 0.25) is 0 Å². The number of nitrogen functional groups attached to an aromatic ring is 1. The van der Waals surface area contributed by atoms with Crippen LogP contribution in [0.4, 0.5) is 5.69 Å². The molecule has 4 nitrogen and oxygen atoms in total. The van der Waals surface area contributed by atoms with Crippen LogP contribution in [0.3, 0.4) is 0 Å². The lowest BCUT2D eigenvalue weighted by molar-refractivity contribution is 0.0717. The van der Waals surface area contributed by atoms with Gasteiger partial charge in [-0.15, -0.1) is 0 Å². The number of nitrogens with two attached hydrogens (primary N) is 1. The first-order chi connectivity index (χ1) is 10.0. The van der Waals surface area contributed by atoms with E-state index in [4.69, 9.17) is 10.2 Å². The summed E-state index contributed by atoms with van der Waals surface area (Å²) in [5.74, 6) is 1.68. The van der Waals surface area contributed by atoms with Crippen molar-refractivity contribution in [3.63, 3.8) is 0 Å². The largest absolute Gasteiger partial charge is 0.464 e. The maximum absolute atomic E-state index is 12.7. The molecule has 0 unspecified atom stereocenters. The molecule has 3 rings (SSSR count). The number of aryl methyl sites for hydroxylation is 1. The third kappa shape index (κ3) is 3.13. The van der Waals surface area contributed by atoms with Crippen molar-refractivity contribution in [2.45, 2.75) is 32.4 Å². The molecule has 0 atom stereocenters. The van der Waals surface area contributed by atoms with Crippen LogP contribution in [0.25, 0.3) is 0 Å². The molecule has 1 aromatic heterocycles. The van der Waals surface area contributed by atoms with Gasteiger partial charge in [0.15, 0.2) is 0 Å². The summed E-state index contributed by atoms with van der Waals surface area (Å²) in [5, 5.41) is 0. The number of benzene rings is 1. The van der Waals surface area contributed by atoms with E-state index in [2.05, 4.69) is 15.9 Å². The number of anilines is 1. The molecule has 1 aliphatic carbocycles. The molecule has 5 heteroatoms. The Bertz CT molecular complexity index is 677. The van der Waals surface area contributed by atoms with Crippen molar-refractivity contribution in [1.82, 2.24) is 4.90 Å². The average Bonchev–Trinajstić information content (AvgIpc) is 3.21. The molecular weight excluding hydrogens is 332 g/mol. The van der Waals surface area contributed by atoms with E-state index in [1.807, 2.05) is 30.0 Å². The van der Waals surface area contributed by atoms with E-state index in [0.29, 0.717) is 23.8 Å². The van der Waals surface area contributed by atoms with Gasteiger partial charge in [-0.2, -0.15) is 0 Å². The Morgan fingerprint density at radius 1 is 1.38 bits per heavy atom. The average molecular weight is 349 g/mol. The topological polar surface area (TPSA) is 59.5 Å². The summed E-state index contributed by atoms with van der Waals surface area (Å²) in [4.78, 5) is 14.6. The molecule has 1 saturated carbocycles. The molecule has 110 valence electrons. The highest BCUT2D eigenvalue weighted by atomic mass is 79.9. The molecule has 0 saturated heterocycles. The van der Waals surface area contributed by atoms with Crippen molar-refractivity contribution in [2.75, 3.05) is 5.73 Å². The zero-order valence-corrected chi connectivity index (χ0v) is 13.4. The van der Waals surface area contributed by atoms with Crippen molar-refractivity contribution in [2.24, 2.45) is 0 Å². The van der Waals surface area contributed by atoms with Crippen molar-refractivity contribution in [1.29, 1.82) is 0 Å². The first-order valence-electron chi connectivity index (χ1n) is 6.96. The van der Waals surface area contributed by atoms with E-state index in [-0.39, 0.29) is 5.91 Å². The minimum atomic E-state index is 0.00533. The monoisotopic (exact) mass is 348 g/mol. The molecule has 2 aromatic rings. The third-order valence-electron chi connectivity index (χ3n) is 3.61. The molecular formula is C16H17BrN2O2.